The molecule has 0 bridgehead atoms. The minimum Gasteiger partial charge on any atom is -0.381 e. The zero-order valence-corrected chi connectivity index (χ0v) is 10.5. The molecule has 1 aromatic rings. The first-order chi connectivity index (χ1) is 8.24. The molecule has 1 amide bonds. The molecular formula is C13H20N2O2. The maximum Gasteiger partial charge on any atom is 0.270 e. The molecule has 1 N–H and O–H groups in total. The molecule has 0 aliphatic heterocycles. The third-order valence-corrected chi connectivity index (χ3v) is 2.32. The van der Waals surface area contributed by atoms with E-state index >= 15 is 0 Å². The first-order valence-corrected chi connectivity index (χ1v) is 6.03. The number of pyridine rings is 1. The van der Waals surface area contributed by atoms with E-state index in [-0.39, 0.29) is 11.9 Å². The van der Waals surface area contributed by atoms with Crippen LogP contribution in [0.3, 0.4) is 0 Å². The van der Waals surface area contributed by atoms with Gasteiger partial charge in [0.2, 0.25) is 0 Å². The first-order valence-electron chi connectivity index (χ1n) is 6.03. The van der Waals surface area contributed by atoms with Crippen molar-refractivity contribution in [1.82, 2.24) is 10.3 Å². The summed E-state index contributed by atoms with van der Waals surface area (Å²) in [6.45, 7) is 5.50. The van der Waals surface area contributed by atoms with Gasteiger partial charge in [-0.1, -0.05) is 13.0 Å². The van der Waals surface area contributed by atoms with Crippen LogP contribution < -0.4 is 5.32 Å². The van der Waals surface area contributed by atoms with Gasteiger partial charge in [-0.15, -0.1) is 0 Å². The van der Waals surface area contributed by atoms with Crippen LogP contribution in [0.4, 0.5) is 0 Å². The molecule has 1 unspecified atom stereocenters. The van der Waals surface area contributed by atoms with Crippen molar-refractivity contribution in [3.05, 3.63) is 30.1 Å². The number of carbonyl (C=O) groups is 1. The molecule has 1 rings (SSSR count). The Morgan fingerprint density at radius 2 is 2.29 bits per heavy atom. The van der Waals surface area contributed by atoms with Gasteiger partial charge < -0.3 is 10.1 Å². The SMILES string of the molecule is CCCOCCC(C)NC(=O)c1ccccn1. The van der Waals surface area contributed by atoms with Gasteiger partial charge in [0.25, 0.3) is 5.91 Å². The molecule has 1 aromatic heterocycles. The Morgan fingerprint density at radius 1 is 1.47 bits per heavy atom. The third-order valence-electron chi connectivity index (χ3n) is 2.32. The summed E-state index contributed by atoms with van der Waals surface area (Å²) in [6.07, 6.45) is 3.46. The van der Waals surface area contributed by atoms with Crippen LogP contribution in [0.15, 0.2) is 24.4 Å². The summed E-state index contributed by atoms with van der Waals surface area (Å²) in [4.78, 5) is 15.7. The smallest absolute Gasteiger partial charge is 0.270 e. The van der Waals surface area contributed by atoms with Crippen molar-refractivity contribution < 1.29 is 9.53 Å². The van der Waals surface area contributed by atoms with Gasteiger partial charge >= 0.3 is 0 Å². The number of hydrogen-bond donors (Lipinski definition) is 1. The van der Waals surface area contributed by atoms with Crippen LogP contribution in [-0.2, 0) is 4.74 Å². The highest BCUT2D eigenvalue weighted by molar-refractivity contribution is 5.92. The van der Waals surface area contributed by atoms with Gasteiger partial charge in [-0.3, -0.25) is 9.78 Å². The van der Waals surface area contributed by atoms with Crippen LogP contribution in [0.5, 0.6) is 0 Å². The van der Waals surface area contributed by atoms with E-state index in [1.807, 2.05) is 6.92 Å². The molecule has 94 valence electrons. The molecule has 17 heavy (non-hydrogen) atoms. The number of rotatable bonds is 7. The molecule has 0 spiro atoms. The van der Waals surface area contributed by atoms with Gasteiger partial charge in [-0.25, -0.2) is 0 Å². The van der Waals surface area contributed by atoms with E-state index in [0.29, 0.717) is 12.3 Å². The van der Waals surface area contributed by atoms with Gasteiger partial charge in [0.15, 0.2) is 0 Å². The Labute approximate surface area is 102 Å². The Bertz CT molecular complexity index is 327. The second kappa shape index (κ2) is 7.79. The van der Waals surface area contributed by atoms with Crippen LogP contribution in [0.2, 0.25) is 0 Å². The summed E-state index contributed by atoms with van der Waals surface area (Å²) >= 11 is 0. The summed E-state index contributed by atoms with van der Waals surface area (Å²) in [7, 11) is 0. The Morgan fingerprint density at radius 3 is 2.94 bits per heavy atom. The summed E-state index contributed by atoms with van der Waals surface area (Å²) in [6, 6.07) is 5.40. The molecule has 4 nitrogen and oxygen atoms in total. The fourth-order valence-electron chi connectivity index (χ4n) is 1.37. The van der Waals surface area contributed by atoms with Gasteiger partial charge in [0, 0.05) is 25.5 Å². The van der Waals surface area contributed by atoms with Crippen molar-refractivity contribution in [2.75, 3.05) is 13.2 Å². The van der Waals surface area contributed by atoms with Gasteiger partial charge in [-0.2, -0.15) is 0 Å². The zero-order chi connectivity index (χ0) is 12.5. The lowest BCUT2D eigenvalue weighted by atomic mass is 10.2. The Balaban J connectivity index is 2.26. The lowest BCUT2D eigenvalue weighted by Crippen LogP contribution is -2.33. The number of aromatic nitrogens is 1. The van der Waals surface area contributed by atoms with Crippen molar-refractivity contribution >= 4 is 5.91 Å². The van der Waals surface area contributed by atoms with Crippen molar-refractivity contribution in [2.45, 2.75) is 32.7 Å². The zero-order valence-electron chi connectivity index (χ0n) is 10.5. The average molecular weight is 236 g/mol. The molecule has 1 heterocycles. The van der Waals surface area contributed by atoms with E-state index in [1.54, 1.807) is 24.4 Å². The summed E-state index contributed by atoms with van der Waals surface area (Å²) in [5.41, 5.74) is 0.453. The largest absolute Gasteiger partial charge is 0.381 e. The second-order valence-corrected chi connectivity index (χ2v) is 3.99. The van der Waals surface area contributed by atoms with Crippen LogP contribution >= 0.6 is 0 Å². The molecule has 0 saturated carbocycles. The normalized spacial score (nSPS) is 12.1. The highest BCUT2D eigenvalue weighted by Crippen LogP contribution is 1.97. The monoisotopic (exact) mass is 236 g/mol. The lowest BCUT2D eigenvalue weighted by molar-refractivity contribution is 0.0910. The molecular weight excluding hydrogens is 216 g/mol. The molecule has 0 fully saturated rings. The average Bonchev–Trinajstić information content (AvgIpc) is 2.36. The lowest BCUT2D eigenvalue weighted by Gasteiger charge is -2.13. The van der Waals surface area contributed by atoms with E-state index in [1.165, 1.54) is 0 Å². The maximum absolute atomic E-state index is 11.7. The third kappa shape index (κ3) is 5.45. The van der Waals surface area contributed by atoms with E-state index in [9.17, 15) is 4.79 Å². The van der Waals surface area contributed by atoms with Gasteiger partial charge in [0.1, 0.15) is 5.69 Å². The number of nitrogens with zero attached hydrogens (tertiary/aromatic N) is 1. The van der Waals surface area contributed by atoms with Crippen molar-refractivity contribution in [1.29, 1.82) is 0 Å². The predicted molar refractivity (Wildman–Crippen MR) is 66.9 cm³/mol. The quantitative estimate of drug-likeness (QED) is 0.737. The van der Waals surface area contributed by atoms with Gasteiger partial charge in [-0.05, 0) is 31.9 Å². The fourth-order valence-corrected chi connectivity index (χ4v) is 1.37. The topological polar surface area (TPSA) is 51.2 Å². The van der Waals surface area contributed by atoms with Crippen molar-refractivity contribution in [3.63, 3.8) is 0 Å². The highest BCUT2D eigenvalue weighted by Gasteiger charge is 2.09. The van der Waals surface area contributed by atoms with E-state index in [4.69, 9.17) is 4.74 Å². The minimum absolute atomic E-state index is 0.0985. The summed E-state index contributed by atoms with van der Waals surface area (Å²) < 4.78 is 5.37. The number of nitrogens with one attached hydrogen (secondary N) is 1. The maximum atomic E-state index is 11.7. The number of amides is 1. The molecule has 0 aliphatic carbocycles. The standard InChI is InChI=1S/C13H20N2O2/c1-3-9-17-10-7-11(2)15-13(16)12-6-4-5-8-14-12/h4-6,8,11H,3,7,9-10H2,1-2H3,(H,15,16). The van der Waals surface area contributed by atoms with Crippen LogP contribution in [0.1, 0.15) is 37.2 Å². The fraction of sp³-hybridized carbons (Fsp3) is 0.538. The number of carbonyl (C=O) groups excluding carboxylic acids is 1. The molecule has 1 atom stereocenters. The van der Waals surface area contributed by atoms with E-state index < -0.39 is 0 Å². The number of ether oxygens (including phenoxy) is 1. The van der Waals surface area contributed by atoms with Crippen molar-refractivity contribution in [2.24, 2.45) is 0 Å². The van der Waals surface area contributed by atoms with E-state index in [0.717, 1.165) is 19.4 Å². The molecule has 4 heteroatoms. The Kier molecular flexibility index (Phi) is 6.25. The minimum atomic E-state index is -0.131. The molecule has 0 aromatic carbocycles. The Hall–Kier alpha value is -1.42. The molecule has 0 aliphatic rings. The predicted octanol–water partition coefficient (Wildman–Crippen LogP) is 2.02. The van der Waals surface area contributed by atoms with Crippen molar-refractivity contribution in [3.8, 4) is 0 Å². The molecule has 0 saturated heterocycles. The van der Waals surface area contributed by atoms with E-state index in [2.05, 4.69) is 17.2 Å². The van der Waals surface area contributed by atoms with Crippen LogP contribution in [0.25, 0.3) is 0 Å². The van der Waals surface area contributed by atoms with Crippen LogP contribution in [0, 0.1) is 0 Å². The summed E-state index contributed by atoms with van der Waals surface area (Å²) in [5, 5.41) is 2.89. The number of hydrogen-bond acceptors (Lipinski definition) is 3. The second-order valence-electron chi connectivity index (χ2n) is 3.99. The molecule has 0 radical (unpaired) electrons. The first kappa shape index (κ1) is 13.6. The highest BCUT2D eigenvalue weighted by atomic mass is 16.5. The van der Waals surface area contributed by atoms with Gasteiger partial charge in [0.05, 0.1) is 0 Å². The van der Waals surface area contributed by atoms with Crippen LogP contribution in [-0.4, -0.2) is 30.1 Å². The summed E-state index contributed by atoms with van der Waals surface area (Å²) in [5.74, 6) is -0.131.